The lowest BCUT2D eigenvalue weighted by molar-refractivity contribution is -0.299. The molecule has 5 atom stereocenters. The zero-order chi connectivity index (χ0) is 20.4. The molecule has 1 heterocycles. The van der Waals surface area contributed by atoms with Crippen LogP contribution in [0.1, 0.15) is 33.1 Å². The quantitative estimate of drug-likeness (QED) is 0.260. The number of nitrogens with one attached hydrogen (secondary N) is 1. The Morgan fingerprint density at radius 3 is 2.74 bits per heavy atom. The van der Waals surface area contributed by atoms with Crippen LogP contribution in [0, 0.1) is 0 Å². The SMILES string of the molecule is CCSCCCOC1(C(=O)OC)CC(O)C(NC(C)=O)C(CC(O)CN)O1. The number of thioether (sulfide) groups is 1. The Hall–Kier alpha value is -0.910. The fourth-order valence-electron chi connectivity index (χ4n) is 2.98. The molecular formula is C17H32N2O7S. The van der Waals surface area contributed by atoms with Crippen LogP contribution in [0.15, 0.2) is 0 Å². The lowest BCUT2D eigenvalue weighted by Crippen LogP contribution is -2.64. The fraction of sp³-hybridized carbons (Fsp3) is 0.882. The molecule has 5 N–H and O–H groups in total. The molecule has 0 aromatic carbocycles. The largest absolute Gasteiger partial charge is 0.465 e. The fourth-order valence-corrected chi connectivity index (χ4v) is 3.59. The molecule has 0 radical (unpaired) electrons. The summed E-state index contributed by atoms with van der Waals surface area (Å²) in [6.45, 7) is 3.58. The molecule has 9 nitrogen and oxygen atoms in total. The Bertz CT molecular complexity index is 482. The van der Waals surface area contributed by atoms with E-state index in [-0.39, 0.29) is 31.9 Å². The molecule has 1 rings (SSSR count). The van der Waals surface area contributed by atoms with E-state index in [1.54, 1.807) is 11.8 Å². The van der Waals surface area contributed by atoms with Crippen LogP contribution in [-0.4, -0.2) is 84.0 Å². The number of hydrogen-bond donors (Lipinski definition) is 4. The van der Waals surface area contributed by atoms with E-state index in [4.69, 9.17) is 19.9 Å². The Balaban J connectivity index is 2.98. The third-order valence-corrected chi connectivity index (χ3v) is 5.24. The summed E-state index contributed by atoms with van der Waals surface area (Å²) in [5, 5.41) is 23.1. The first-order valence-corrected chi connectivity index (χ1v) is 10.3. The zero-order valence-corrected chi connectivity index (χ0v) is 17.0. The summed E-state index contributed by atoms with van der Waals surface area (Å²) < 4.78 is 16.5. The molecule has 27 heavy (non-hydrogen) atoms. The highest BCUT2D eigenvalue weighted by Crippen LogP contribution is 2.34. The molecule has 0 saturated carbocycles. The minimum Gasteiger partial charge on any atom is -0.465 e. The molecule has 0 aromatic heterocycles. The predicted octanol–water partition coefficient (Wildman–Crippen LogP) is -0.620. The summed E-state index contributed by atoms with van der Waals surface area (Å²) in [5.41, 5.74) is 5.47. The summed E-state index contributed by atoms with van der Waals surface area (Å²) in [5.74, 6) is -1.08. The highest BCUT2D eigenvalue weighted by Gasteiger charge is 2.53. The Morgan fingerprint density at radius 1 is 1.48 bits per heavy atom. The van der Waals surface area contributed by atoms with Gasteiger partial charge in [-0.3, -0.25) is 4.79 Å². The first-order chi connectivity index (χ1) is 12.8. The summed E-state index contributed by atoms with van der Waals surface area (Å²) >= 11 is 1.75. The van der Waals surface area contributed by atoms with E-state index in [1.807, 2.05) is 0 Å². The molecule has 1 fully saturated rings. The normalized spacial score (nSPS) is 29.2. The van der Waals surface area contributed by atoms with Crippen molar-refractivity contribution in [2.45, 2.75) is 63.3 Å². The van der Waals surface area contributed by atoms with Crippen molar-refractivity contribution in [2.24, 2.45) is 5.73 Å². The average molecular weight is 409 g/mol. The number of methoxy groups -OCH3 is 1. The molecule has 0 spiro atoms. The first kappa shape index (κ1) is 24.1. The van der Waals surface area contributed by atoms with Crippen molar-refractivity contribution < 1.29 is 34.0 Å². The number of aliphatic hydroxyl groups excluding tert-OH is 2. The minimum atomic E-state index is -1.79. The van der Waals surface area contributed by atoms with Gasteiger partial charge in [0.2, 0.25) is 5.91 Å². The molecule has 5 unspecified atom stereocenters. The van der Waals surface area contributed by atoms with Gasteiger partial charge in [0.1, 0.15) is 0 Å². The lowest BCUT2D eigenvalue weighted by atomic mass is 9.90. The Labute approximate surface area is 164 Å². The second-order valence-corrected chi connectivity index (χ2v) is 7.82. The highest BCUT2D eigenvalue weighted by atomic mass is 32.2. The summed E-state index contributed by atoms with van der Waals surface area (Å²) in [6, 6.07) is -0.805. The molecule has 0 aromatic rings. The molecule has 1 aliphatic rings. The van der Waals surface area contributed by atoms with Crippen LogP contribution in [0.25, 0.3) is 0 Å². The van der Waals surface area contributed by atoms with E-state index < -0.39 is 36.1 Å². The minimum absolute atomic E-state index is 0.0201. The van der Waals surface area contributed by atoms with Crippen LogP contribution >= 0.6 is 11.8 Å². The second kappa shape index (κ2) is 11.8. The van der Waals surface area contributed by atoms with Crippen molar-refractivity contribution in [3.05, 3.63) is 0 Å². The summed E-state index contributed by atoms with van der Waals surface area (Å²) in [6.07, 6.45) is -2.40. The van der Waals surface area contributed by atoms with Gasteiger partial charge >= 0.3 is 5.97 Å². The van der Waals surface area contributed by atoms with Crippen molar-refractivity contribution in [3.8, 4) is 0 Å². The molecule has 0 aliphatic carbocycles. The van der Waals surface area contributed by atoms with Gasteiger partial charge in [-0.25, -0.2) is 4.79 Å². The van der Waals surface area contributed by atoms with Crippen LogP contribution in [0.2, 0.25) is 0 Å². The number of carbonyl (C=O) groups is 2. The van der Waals surface area contributed by atoms with Gasteiger partial charge in [0.15, 0.2) is 0 Å². The molecule has 1 amide bonds. The number of esters is 1. The van der Waals surface area contributed by atoms with E-state index in [9.17, 15) is 19.8 Å². The maximum Gasteiger partial charge on any atom is 0.366 e. The van der Waals surface area contributed by atoms with Crippen LogP contribution in [0.5, 0.6) is 0 Å². The van der Waals surface area contributed by atoms with Gasteiger partial charge in [0.25, 0.3) is 5.79 Å². The molecule has 10 heteroatoms. The Kier molecular flexibility index (Phi) is 10.6. The summed E-state index contributed by atoms with van der Waals surface area (Å²) in [4.78, 5) is 23.9. The van der Waals surface area contributed by atoms with E-state index >= 15 is 0 Å². The van der Waals surface area contributed by atoms with Gasteiger partial charge in [0, 0.05) is 26.3 Å². The van der Waals surface area contributed by atoms with Crippen molar-refractivity contribution in [2.75, 3.05) is 31.8 Å². The van der Waals surface area contributed by atoms with Crippen LogP contribution < -0.4 is 11.1 Å². The smallest absolute Gasteiger partial charge is 0.366 e. The number of ether oxygens (including phenoxy) is 3. The maximum atomic E-state index is 12.4. The van der Waals surface area contributed by atoms with Crippen molar-refractivity contribution in [1.82, 2.24) is 5.32 Å². The predicted molar refractivity (Wildman–Crippen MR) is 101 cm³/mol. The topological polar surface area (TPSA) is 140 Å². The highest BCUT2D eigenvalue weighted by molar-refractivity contribution is 7.99. The number of hydrogen-bond acceptors (Lipinski definition) is 9. The first-order valence-electron chi connectivity index (χ1n) is 9.10. The third kappa shape index (κ3) is 7.20. The van der Waals surface area contributed by atoms with Crippen molar-refractivity contribution >= 4 is 23.6 Å². The number of rotatable bonds is 11. The molecular weight excluding hydrogens is 376 g/mol. The summed E-state index contributed by atoms with van der Waals surface area (Å²) in [7, 11) is 1.21. The van der Waals surface area contributed by atoms with E-state index in [2.05, 4.69) is 12.2 Å². The van der Waals surface area contributed by atoms with Crippen LogP contribution in [0.4, 0.5) is 0 Å². The van der Waals surface area contributed by atoms with Crippen LogP contribution in [-0.2, 0) is 23.8 Å². The number of aliphatic hydroxyl groups is 2. The Morgan fingerprint density at radius 2 is 2.19 bits per heavy atom. The lowest BCUT2D eigenvalue weighted by Gasteiger charge is -2.45. The third-order valence-electron chi connectivity index (χ3n) is 4.25. The van der Waals surface area contributed by atoms with Gasteiger partial charge in [-0.05, 0) is 17.9 Å². The van der Waals surface area contributed by atoms with Crippen molar-refractivity contribution in [1.29, 1.82) is 0 Å². The number of nitrogens with two attached hydrogens (primary N) is 1. The van der Waals surface area contributed by atoms with E-state index in [0.717, 1.165) is 11.5 Å². The zero-order valence-electron chi connectivity index (χ0n) is 16.2. The van der Waals surface area contributed by atoms with Gasteiger partial charge in [0.05, 0.1) is 38.1 Å². The van der Waals surface area contributed by atoms with Crippen LogP contribution in [0.3, 0.4) is 0 Å². The molecule has 1 aliphatic heterocycles. The van der Waals surface area contributed by atoms with Gasteiger partial charge in [-0.2, -0.15) is 11.8 Å². The molecule has 1 saturated heterocycles. The average Bonchev–Trinajstić information content (AvgIpc) is 2.63. The maximum absolute atomic E-state index is 12.4. The van der Waals surface area contributed by atoms with E-state index in [0.29, 0.717) is 6.42 Å². The standard InChI is InChI=1S/C17H32N2O7S/c1-4-27-7-5-6-25-17(16(23)24-3)9-13(22)15(19-11(2)20)14(26-17)8-12(21)10-18/h12-15,21-22H,4-10,18H2,1-3H3,(H,19,20). The number of carbonyl (C=O) groups excluding carboxylic acids is 2. The van der Waals surface area contributed by atoms with Gasteiger partial charge in [-0.1, -0.05) is 6.92 Å². The van der Waals surface area contributed by atoms with Gasteiger partial charge < -0.3 is 35.5 Å². The molecule has 158 valence electrons. The second-order valence-electron chi connectivity index (χ2n) is 6.42. The van der Waals surface area contributed by atoms with E-state index in [1.165, 1.54) is 14.0 Å². The monoisotopic (exact) mass is 408 g/mol. The molecule has 0 bridgehead atoms. The van der Waals surface area contributed by atoms with Gasteiger partial charge in [-0.15, -0.1) is 0 Å². The number of amides is 1. The van der Waals surface area contributed by atoms with Crippen molar-refractivity contribution in [3.63, 3.8) is 0 Å².